The molecule has 1 heterocycles. The van der Waals surface area contributed by atoms with E-state index in [2.05, 4.69) is 47.4 Å². The SMILES string of the molecule is c1ccc2c(OCCCCCN3CCCCCC3)cccc2c1. The van der Waals surface area contributed by atoms with Gasteiger partial charge in [-0.15, -0.1) is 0 Å². The molecule has 0 N–H and O–H groups in total. The molecular formula is C21H29NO. The molecule has 1 aliphatic heterocycles. The molecule has 1 aliphatic rings. The fourth-order valence-electron chi connectivity index (χ4n) is 3.48. The van der Waals surface area contributed by atoms with Crippen molar-refractivity contribution >= 4 is 10.8 Å². The first-order valence-electron chi connectivity index (χ1n) is 9.26. The lowest BCUT2D eigenvalue weighted by molar-refractivity contribution is 0.267. The average molecular weight is 311 g/mol. The maximum Gasteiger partial charge on any atom is 0.127 e. The lowest BCUT2D eigenvalue weighted by atomic mass is 10.1. The van der Waals surface area contributed by atoms with Crippen molar-refractivity contribution in [1.82, 2.24) is 4.90 Å². The number of fused-ring (bicyclic) bond motifs is 1. The molecule has 0 amide bonds. The minimum atomic E-state index is 0.827. The van der Waals surface area contributed by atoms with Crippen molar-refractivity contribution in [2.75, 3.05) is 26.2 Å². The van der Waals surface area contributed by atoms with Crippen LogP contribution in [0.15, 0.2) is 42.5 Å². The summed E-state index contributed by atoms with van der Waals surface area (Å²) in [6.07, 6.45) is 9.36. The first kappa shape index (κ1) is 16.3. The molecule has 2 aromatic rings. The van der Waals surface area contributed by atoms with Gasteiger partial charge < -0.3 is 9.64 Å². The van der Waals surface area contributed by atoms with Gasteiger partial charge in [0.25, 0.3) is 0 Å². The maximum absolute atomic E-state index is 6.02. The highest BCUT2D eigenvalue weighted by Gasteiger charge is 2.08. The zero-order chi connectivity index (χ0) is 15.7. The topological polar surface area (TPSA) is 12.5 Å². The molecule has 23 heavy (non-hydrogen) atoms. The number of unbranched alkanes of at least 4 members (excludes halogenated alkanes) is 2. The van der Waals surface area contributed by atoms with Gasteiger partial charge in [-0.3, -0.25) is 0 Å². The van der Waals surface area contributed by atoms with Gasteiger partial charge in [-0.2, -0.15) is 0 Å². The third kappa shape index (κ3) is 4.97. The van der Waals surface area contributed by atoms with Crippen LogP contribution >= 0.6 is 0 Å². The molecule has 0 radical (unpaired) electrons. The van der Waals surface area contributed by atoms with Crippen LogP contribution in [0, 0.1) is 0 Å². The third-order valence-corrected chi connectivity index (χ3v) is 4.82. The summed E-state index contributed by atoms with van der Waals surface area (Å²) in [5.41, 5.74) is 0. The Morgan fingerprint density at radius 2 is 1.57 bits per heavy atom. The third-order valence-electron chi connectivity index (χ3n) is 4.82. The Morgan fingerprint density at radius 1 is 0.783 bits per heavy atom. The Hall–Kier alpha value is -1.54. The quantitative estimate of drug-likeness (QED) is 0.646. The molecule has 1 fully saturated rings. The average Bonchev–Trinajstić information content (AvgIpc) is 2.87. The minimum Gasteiger partial charge on any atom is -0.493 e. The number of benzene rings is 2. The number of ether oxygens (including phenoxy) is 1. The van der Waals surface area contributed by atoms with E-state index < -0.39 is 0 Å². The highest BCUT2D eigenvalue weighted by Crippen LogP contribution is 2.25. The highest BCUT2D eigenvalue weighted by molar-refractivity contribution is 5.88. The van der Waals surface area contributed by atoms with Crippen LogP contribution in [0.1, 0.15) is 44.9 Å². The van der Waals surface area contributed by atoms with Crippen molar-refractivity contribution in [2.45, 2.75) is 44.9 Å². The maximum atomic E-state index is 6.02. The van der Waals surface area contributed by atoms with Crippen LogP contribution in [0.4, 0.5) is 0 Å². The van der Waals surface area contributed by atoms with Crippen molar-refractivity contribution in [3.63, 3.8) is 0 Å². The fraction of sp³-hybridized carbons (Fsp3) is 0.524. The molecule has 3 rings (SSSR count). The summed E-state index contributed by atoms with van der Waals surface area (Å²) in [6.45, 7) is 4.72. The smallest absolute Gasteiger partial charge is 0.127 e. The molecule has 0 bridgehead atoms. The molecule has 0 atom stereocenters. The fourth-order valence-corrected chi connectivity index (χ4v) is 3.48. The molecule has 0 saturated carbocycles. The van der Waals surface area contributed by atoms with E-state index in [1.54, 1.807) is 0 Å². The van der Waals surface area contributed by atoms with E-state index in [4.69, 9.17) is 4.74 Å². The van der Waals surface area contributed by atoms with E-state index in [0.717, 1.165) is 18.8 Å². The van der Waals surface area contributed by atoms with Crippen LogP contribution in [0.5, 0.6) is 5.75 Å². The Morgan fingerprint density at radius 3 is 2.43 bits per heavy atom. The Labute approximate surface area is 140 Å². The van der Waals surface area contributed by atoms with E-state index in [1.165, 1.54) is 68.9 Å². The summed E-state index contributed by atoms with van der Waals surface area (Å²) in [4.78, 5) is 2.65. The Balaban J connectivity index is 1.36. The van der Waals surface area contributed by atoms with Crippen LogP contribution in [0.3, 0.4) is 0 Å². The number of nitrogens with zero attached hydrogens (tertiary/aromatic N) is 1. The second kappa shape index (κ2) is 8.93. The molecule has 2 aromatic carbocycles. The van der Waals surface area contributed by atoms with Gasteiger partial charge in [0.2, 0.25) is 0 Å². The second-order valence-corrected chi connectivity index (χ2v) is 6.64. The molecule has 0 aliphatic carbocycles. The van der Waals surface area contributed by atoms with Crippen LogP contribution in [0.25, 0.3) is 10.8 Å². The summed E-state index contributed by atoms with van der Waals surface area (Å²) in [6, 6.07) is 14.7. The number of hydrogen-bond donors (Lipinski definition) is 0. The molecular weight excluding hydrogens is 282 g/mol. The normalized spacial score (nSPS) is 16.3. The van der Waals surface area contributed by atoms with Crippen molar-refractivity contribution in [3.05, 3.63) is 42.5 Å². The van der Waals surface area contributed by atoms with Gasteiger partial charge in [-0.05, 0) is 63.2 Å². The zero-order valence-corrected chi connectivity index (χ0v) is 14.2. The van der Waals surface area contributed by atoms with Crippen LogP contribution in [-0.2, 0) is 0 Å². The largest absolute Gasteiger partial charge is 0.493 e. The first-order valence-corrected chi connectivity index (χ1v) is 9.26. The number of rotatable bonds is 7. The number of hydrogen-bond acceptors (Lipinski definition) is 2. The summed E-state index contributed by atoms with van der Waals surface area (Å²) < 4.78 is 6.02. The van der Waals surface area contributed by atoms with Crippen molar-refractivity contribution < 1.29 is 4.74 Å². The monoisotopic (exact) mass is 311 g/mol. The molecule has 2 nitrogen and oxygen atoms in total. The Kier molecular flexibility index (Phi) is 6.34. The van der Waals surface area contributed by atoms with Gasteiger partial charge >= 0.3 is 0 Å². The van der Waals surface area contributed by atoms with Gasteiger partial charge in [0.1, 0.15) is 5.75 Å². The van der Waals surface area contributed by atoms with E-state index in [9.17, 15) is 0 Å². The van der Waals surface area contributed by atoms with E-state index >= 15 is 0 Å². The lowest BCUT2D eigenvalue weighted by Crippen LogP contribution is -2.25. The molecule has 0 aromatic heterocycles. The molecule has 0 spiro atoms. The van der Waals surface area contributed by atoms with Gasteiger partial charge in [0.05, 0.1) is 6.61 Å². The van der Waals surface area contributed by atoms with Crippen molar-refractivity contribution in [3.8, 4) is 5.75 Å². The van der Waals surface area contributed by atoms with Crippen LogP contribution < -0.4 is 4.74 Å². The zero-order valence-electron chi connectivity index (χ0n) is 14.2. The summed E-state index contributed by atoms with van der Waals surface area (Å²) >= 11 is 0. The highest BCUT2D eigenvalue weighted by atomic mass is 16.5. The van der Waals surface area contributed by atoms with Crippen molar-refractivity contribution in [2.24, 2.45) is 0 Å². The van der Waals surface area contributed by atoms with Gasteiger partial charge in [-0.1, -0.05) is 49.2 Å². The van der Waals surface area contributed by atoms with E-state index in [1.807, 2.05) is 0 Å². The predicted molar refractivity (Wildman–Crippen MR) is 98.2 cm³/mol. The molecule has 124 valence electrons. The lowest BCUT2D eigenvalue weighted by Gasteiger charge is -2.19. The van der Waals surface area contributed by atoms with Gasteiger partial charge in [0, 0.05) is 5.39 Å². The summed E-state index contributed by atoms with van der Waals surface area (Å²) in [7, 11) is 0. The minimum absolute atomic E-state index is 0.827. The molecule has 1 saturated heterocycles. The molecule has 0 unspecified atom stereocenters. The standard InChI is InChI=1S/C21H29NO/c1-2-7-16-22(15-6-1)17-8-3-9-18-23-21-14-10-12-19-11-4-5-13-20(19)21/h4-5,10-14H,1-3,6-9,15-18H2. The van der Waals surface area contributed by atoms with E-state index in [0.29, 0.717) is 0 Å². The first-order chi connectivity index (χ1) is 11.4. The summed E-state index contributed by atoms with van der Waals surface area (Å²) in [5.74, 6) is 1.02. The van der Waals surface area contributed by atoms with Crippen LogP contribution in [-0.4, -0.2) is 31.1 Å². The van der Waals surface area contributed by atoms with Crippen molar-refractivity contribution in [1.29, 1.82) is 0 Å². The summed E-state index contributed by atoms with van der Waals surface area (Å²) in [5, 5.41) is 2.48. The predicted octanol–water partition coefficient (Wildman–Crippen LogP) is 5.26. The Bertz CT molecular complexity index is 582. The van der Waals surface area contributed by atoms with E-state index in [-0.39, 0.29) is 0 Å². The number of likely N-dealkylation sites (tertiary alicyclic amines) is 1. The van der Waals surface area contributed by atoms with Gasteiger partial charge in [-0.25, -0.2) is 0 Å². The van der Waals surface area contributed by atoms with Gasteiger partial charge in [0.15, 0.2) is 0 Å². The second-order valence-electron chi connectivity index (χ2n) is 6.64. The van der Waals surface area contributed by atoms with Crippen LogP contribution in [0.2, 0.25) is 0 Å². The molecule has 2 heteroatoms.